The molecule has 2 aromatic heterocycles. The lowest BCUT2D eigenvalue weighted by Crippen LogP contribution is -2.05. The molecule has 0 radical (unpaired) electrons. The normalized spacial score (nSPS) is 10.6. The topological polar surface area (TPSA) is 30.7 Å². The van der Waals surface area contributed by atoms with Gasteiger partial charge in [0.2, 0.25) is 0 Å². The van der Waals surface area contributed by atoms with Gasteiger partial charge in [0, 0.05) is 37.8 Å². The van der Waals surface area contributed by atoms with Gasteiger partial charge in [-0.2, -0.15) is 0 Å². The van der Waals surface area contributed by atoms with E-state index in [1.807, 2.05) is 18.6 Å². The van der Waals surface area contributed by atoms with E-state index in [0.29, 0.717) is 0 Å². The Morgan fingerprint density at radius 3 is 2.69 bits per heavy atom. The molecule has 0 aromatic carbocycles. The van der Waals surface area contributed by atoms with E-state index in [9.17, 15) is 0 Å². The molecule has 0 spiro atoms. The molecule has 0 saturated carbocycles. The highest BCUT2D eigenvalue weighted by atomic mass is 15.1. The zero-order valence-corrected chi connectivity index (χ0v) is 9.63. The molecule has 0 aliphatic heterocycles. The molecular formula is C13H17N3. The average molecular weight is 215 g/mol. The summed E-state index contributed by atoms with van der Waals surface area (Å²) in [4.78, 5) is 8.39. The third-order valence-corrected chi connectivity index (χ3v) is 2.67. The van der Waals surface area contributed by atoms with Crippen molar-refractivity contribution in [2.75, 3.05) is 0 Å². The standard InChI is InChI=1S/C13H17N3/c1-2-3-13-15-9-11-16(13)10-6-12-4-7-14-8-5-12/h4-5,7-9,11H,2-3,6,10H2,1H3. The van der Waals surface area contributed by atoms with E-state index in [4.69, 9.17) is 0 Å². The van der Waals surface area contributed by atoms with Crippen LogP contribution in [0, 0.1) is 0 Å². The van der Waals surface area contributed by atoms with E-state index < -0.39 is 0 Å². The summed E-state index contributed by atoms with van der Waals surface area (Å²) < 4.78 is 2.24. The molecule has 2 aromatic rings. The highest BCUT2D eigenvalue weighted by molar-refractivity contribution is 5.09. The van der Waals surface area contributed by atoms with Crippen LogP contribution in [0.25, 0.3) is 0 Å². The van der Waals surface area contributed by atoms with Crippen LogP contribution in [-0.4, -0.2) is 14.5 Å². The van der Waals surface area contributed by atoms with Crippen LogP contribution in [0.5, 0.6) is 0 Å². The SMILES string of the molecule is CCCc1nccn1CCc1ccncc1. The summed E-state index contributed by atoms with van der Waals surface area (Å²) in [7, 11) is 0. The maximum Gasteiger partial charge on any atom is 0.108 e. The van der Waals surface area contributed by atoms with Crippen LogP contribution in [0.4, 0.5) is 0 Å². The molecule has 0 fully saturated rings. The lowest BCUT2D eigenvalue weighted by atomic mass is 10.2. The van der Waals surface area contributed by atoms with Crippen molar-refractivity contribution < 1.29 is 0 Å². The first-order valence-electron chi connectivity index (χ1n) is 5.79. The van der Waals surface area contributed by atoms with Crippen molar-refractivity contribution >= 4 is 0 Å². The molecule has 0 amide bonds. The zero-order chi connectivity index (χ0) is 11.2. The number of aryl methyl sites for hydroxylation is 3. The van der Waals surface area contributed by atoms with E-state index in [0.717, 1.165) is 25.8 Å². The zero-order valence-electron chi connectivity index (χ0n) is 9.63. The number of rotatable bonds is 5. The van der Waals surface area contributed by atoms with Gasteiger partial charge in [-0.1, -0.05) is 6.92 Å². The van der Waals surface area contributed by atoms with Gasteiger partial charge in [0.1, 0.15) is 5.82 Å². The minimum absolute atomic E-state index is 0.999. The number of aromatic nitrogens is 3. The van der Waals surface area contributed by atoms with Crippen LogP contribution < -0.4 is 0 Å². The monoisotopic (exact) mass is 215 g/mol. The molecule has 3 heteroatoms. The molecule has 0 aliphatic rings. The Balaban J connectivity index is 1.97. The van der Waals surface area contributed by atoms with Crippen LogP contribution in [0.2, 0.25) is 0 Å². The van der Waals surface area contributed by atoms with Gasteiger partial charge in [0.05, 0.1) is 0 Å². The Morgan fingerprint density at radius 1 is 1.12 bits per heavy atom. The van der Waals surface area contributed by atoms with Gasteiger partial charge in [-0.25, -0.2) is 4.98 Å². The van der Waals surface area contributed by atoms with E-state index in [1.54, 1.807) is 0 Å². The van der Waals surface area contributed by atoms with Crippen molar-refractivity contribution in [3.8, 4) is 0 Å². The van der Waals surface area contributed by atoms with Gasteiger partial charge in [-0.3, -0.25) is 4.98 Å². The fraction of sp³-hybridized carbons (Fsp3) is 0.385. The largest absolute Gasteiger partial charge is 0.335 e. The number of imidazole rings is 1. The molecule has 0 aliphatic carbocycles. The molecule has 3 nitrogen and oxygen atoms in total. The molecule has 0 N–H and O–H groups in total. The maximum absolute atomic E-state index is 4.37. The Kier molecular flexibility index (Phi) is 3.70. The van der Waals surface area contributed by atoms with Crippen LogP contribution >= 0.6 is 0 Å². The molecule has 0 saturated heterocycles. The van der Waals surface area contributed by atoms with E-state index in [1.165, 1.54) is 11.4 Å². The van der Waals surface area contributed by atoms with Crippen molar-refractivity contribution in [3.63, 3.8) is 0 Å². The first-order chi connectivity index (χ1) is 7.90. The fourth-order valence-corrected chi connectivity index (χ4v) is 1.79. The second-order valence-corrected chi connectivity index (χ2v) is 3.89. The summed E-state index contributed by atoms with van der Waals surface area (Å²) in [6.07, 6.45) is 10.9. The van der Waals surface area contributed by atoms with Crippen LogP contribution in [-0.2, 0) is 19.4 Å². The third-order valence-electron chi connectivity index (χ3n) is 2.67. The van der Waals surface area contributed by atoms with Crippen molar-refractivity contribution in [2.24, 2.45) is 0 Å². The van der Waals surface area contributed by atoms with Crippen LogP contribution in [0.1, 0.15) is 24.7 Å². The van der Waals surface area contributed by atoms with Gasteiger partial charge in [0.15, 0.2) is 0 Å². The molecule has 2 rings (SSSR count). The smallest absolute Gasteiger partial charge is 0.108 e. The molecule has 0 unspecified atom stereocenters. The molecule has 16 heavy (non-hydrogen) atoms. The van der Waals surface area contributed by atoms with Gasteiger partial charge < -0.3 is 4.57 Å². The second kappa shape index (κ2) is 5.45. The van der Waals surface area contributed by atoms with Crippen molar-refractivity contribution in [3.05, 3.63) is 48.3 Å². The van der Waals surface area contributed by atoms with Crippen molar-refractivity contribution in [1.82, 2.24) is 14.5 Å². The predicted octanol–water partition coefficient (Wildman–Crippen LogP) is 2.47. The number of pyridine rings is 1. The van der Waals surface area contributed by atoms with Gasteiger partial charge in [0.25, 0.3) is 0 Å². The maximum atomic E-state index is 4.37. The van der Waals surface area contributed by atoms with Gasteiger partial charge in [-0.15, -0.1) is 0 Å². The number of nitrogens with zero attached hydrogens (tertiary/aromatic N) is 3. The Hall–Kier alpha value is -1.64. The summed E-state index contributed by atoms with van der Waals surface area (Å²) in [6, 6.07) is 4.13. The molecule has 0 atom stereocenters. The average Bonchev–Trinajstić information content (AvgIpc) is 2.76. The van der Waals surface area contributed by atoms with E-state index in [-0.39, 0.29) is 0 Å². The predicted molar refractivity (Wildman–Crippen MR) is 64.2 cm³/mol. The summed E-state index contributed by atoms with van der Waals surface area (Å²) in [5.41, 5.74) is 1.33. The van der Waals surface area contributed by atoms with Crippen LogP contribution in [0.15, 0.2) is 36.9 Å². The molecule has 0 bridgehead atoms. The summed E-state index contributed by atoms with van der Waals surface area (Å²) in [6.45, 7) is 3.18. The highest BCUT2D eigenvalue weighted by Crippen LogP contribution is 2.05. The summed E-state index contributed by atoms with van der Waals surface area (Å²) >= 11 is 0. The lowest BCUT2D eigenvalue weighted by Gasteiger charge is -2.06. The quantitative estimate of drug-likeness (QED) is 0.767. The highest BCUT2D eigenvalue weighted by Gasteiger charge is 2.01. The third kappa shape index (κ3) is 2.69. The number of hydrogen-bond donors (Lipinski definition) is 0. The minimum atomic E-state index is 0.999. The Labute approximate surface area is 96.2 Å². The lowest BCUT2D eigenvalue weighted by molar-refractivity contribution is 0.642. The van der Waals surface area contributed by atoms with E-state index in [2.05, 4.69) is 39.8 Å². The second-order valence-electron chi connectivity index (χ2n) is 3.89. The van der Waals surface area contributed by atoms with Gasteiger partial charge >= 0.3 is 0 Å². The Morgan fingerprint density at radius 2 is 1.94 bits per heavy atom. The summed E-state index contributed by atoms with van der Waals surface area (Å²) in [5, 5.41) is 0. The van der Waals surface area contributed by atoms with Crippen molar-refractivity contribution in [1.29, 1.82) is 0 Å². The van der Waals surface area contributed by atoms with Crippen molar-refractivity contribution in [2.45, 2.75) is 32.7 Å². The summed E-state index contributed by atoms with van der Waals surface area (Å²) in [5.74, 6) is 1.19. The molecule has 84 valence electrons. The number of hydrogen-bond acceptors (Lipinski definition) is 2. The molecular weight excluding hydrogens is 198 g/mol. The fourth-order valence-electron chi connectivity index (χ4n) is 1.79. The molecule has 2 heterocycles. The van der Waals surface area contributed by atoms with Gasteiger partial charge in [-0.05, 0) is 30.5 Å². The minimum Gasteiger partial charge on any atom is -0.335 e. The Bertz CT molecular complexity index is 420. The van der Waals surface area contributed by atoms with Crippen LogP contribution in [0.3, 0.4) is 0 Å². The first kappa shape index (κ1) is 10.9. The van der Waals surface area contributed by atoms with E-state index >= 15 is 0 Å². The first-order valence-corrected chi connectivity index (χ1v) is 5.79.